The molecule has 1 amide bonds. The van der Waals surface area contributed by atoms with Gasteiger partial charge in [-0.25, -0.2) is 0 Å². The second kappa shape index (κ2) is 5.41. The lowest BCUT2D eigenvalue weighted by Crippen LogP contribution is -2.43. The summed E-state index contributed by atoms with van der Waals surface area (Å²) in [6.07, 6.45) is 4.87. The molecule has 2 aliphatic heterocycles. The van der Waals surface area contributed by atoms with Gasteiger partial charge in [0.25, 0.3) is 5.91 Å². The Morgan fingerprint density at radius 3 is 2.91 bits per heavy atom. The SMILES string of the molecule is CC1CC2(CCN(C(=O)c3cc(-n4cnnn4)n[nH]3)CC2)CO1. The summed E-state index contributed by atoms with van der Waals surface area (Å²) < 4.78 is 7.14. The summed E-state index contributed by atoms with van der Waals surface area (Å²) in [7, 11) is 0. The fraction of sp³-hybridized carbons (Fsp3) is 0.643. The quantitative estimate of drug-likeness (QED) is 0.861. The standard InChI is InChI=1S/C14H19N7O2/c1-10-7-14(8-23-10)2-4-20(5-3-14)13(22)11-6-12(17-16-11)21-9-15-18-19-21/h6,9-10H,2-5,7-8H2,1H3,(H,16,17). The molecular formula is C14H19N7O2. The summed E-state index contributed by atoms with van der Waals surface area (Å²) in [5.74, 6) is 0.475. The largest absolute Gasteiger partial charge is 0.378 e. The van der Waals surface area contributed by atoms with E-state index in [1.54, 1.807) is 6.07 Å². The van der Waals surface area contributed by atoms with E-state index in [1.165, 1.54) is 11.0 Å². The van der Waals surface area contributed by atoms with Crippen molar-refractivity contribution in [2.45, 2.75) is 32.3 Å². The Balaban J connectivity index is 1.42. The van der Waals surface area contributed by atoms with Crippen LogP contribution in [0.3, 0.4) is 0 Å². The minimum Gasteiger partial charge on any atom is -0.378 e. The average Bonchev–Trinajstić information content (AvgIpc) is 3.28. The third-order valence-corrected chi connectivity index (χ3v) is 4.88. The van der Waals surface area contributed by atoms with E-state index in [1.807, 2.05) is 4.90 Å². The van der Waals surface area contributed by atoms with Crippen LogP contribution in [-0.4, -0.2) is 67.0 Å². The highest BCUT2D eigenvalue weighted by Gasteiger charge is 2.41. The van der Waals surface area contributed by atoms with Gasteiger partial charge in [-0.15, -0.1) is 5.10 Å². The topological polar surface area (TPSA) is 102 Å². The molecule has 0 bridgehead atoms. The molecule has 9 nitrogen and oxygen atoms in total. The van der Waals surface area contributed by atoms with Gasteiger partial charge in [-0.2, -0.15) is 9.78 Å². The minimum absolute atomic E-state index is 0.0290. The Hall–Kier alpha value is -2.29. The van der Waals surface area contributed by atoms with E-state index in [-0.39, 0.29) is 11.3 Å². The summed E-state index contributed by atoms with van der Waals surface area (Å²) in [6.45, 7) is 4.46. The number of hydrogen-bond donors (Lipinski definition) is 1. The lowest BCUT2D eigenvalue weighted by molar-refractivity contribution is 0.0502. The molecule has 0 aromatic carbocycles. The first-order valence-electron chi connectivity index (χ1n) is 7.85. The third kappa shape index (κ3) is 2.61. The van der Waals surface area contributed by atoms with Gasteiger partial charge in [0.1, 0.15) is 12.0 Å². The number of hydrogen-bond acceptors (Lipinski definition) is 6. The Morgan fingerprint density at radius 2 is 2.26 bits per heavy atom. The lowest BCUT2D eigenvalue weighted by atomic mass is 9.77. The molecule has 1 unspecified atom stereocenters. The minimum atomic E-state index is -0.0290. The van der Waals surface area contributed by atoms with Gasteiger partial charge >= 0.3 is 0 Å². The van der Waals surface area contributed by atoms with Crippen molar-refractivity contribution in [1.82, 2.24) is 35.3 Å². The van der Waals surface area contributed by atoms with E-state index >= 15 is 0 Å². The monoisotopic (exact) mass is 317 g/mol. The van der Waals surface area contributed by atoms with Crippen LogP contribution >= 0.6 is 0 Å². The fourth-order valence-electron chi connectivity index (χ4n) is 3.55. The number of H-pyrrole nitrogens is 1. The first kappa shape index (κ1) is 14.3. The smallest absolute Gasteiger partial charge is 0.271 e. The summed E-state index contributed by atoms with van der Waals surface area (Å²) in [5, 5.41) is 17.7. The van der Waals surface area contributed by atoms with Crippen molar-refractivity contribution >= 4 is 5.91 Å². The number of nitrogens with zero attached hydrogens (tertiary/aromatic N) is 6. The second-order valence-electron chi connectivity index (χ2n) is 6.51. The highest BCUT2D eigenvalue weighted by molar-refractivity contribution is 5.92. The van der Waals surface area contributed by atoms with Crippen LogP contribution in [0.15, 0.2) is 12.4 Å². The van der Waals surface area contributed by atoms with Crippen molar-refractivity contribution in [3.8, 4) is 5.82 Å². The number of piperidine rings is 1. The van der Waals surface area contributed by atoms with Crippen molar-refractivity contribution in [3.63, 3.8) is 0 Å². The summed E-state index contributed by atoms with van der Waals surface area (Å²) in [4.78, 5) is 14.5. The Kier molecular flexibility index (Phi) is 3.37. The normalized spacial score (nSPS) is 23.5. The number of carbonyl (C=O) groups is 1. The molecule has 0 saturated carbocycles. The van der Waals surface area contributed by atoms with Crippen molar-refractivity contribution in [1.29, 1.82) is 0 Å². The summed E-state index contributed by atoms with van der Waals surface area (Å²) in [5.41, 5.74) is 0.726. The van der Waals surface area contributed by atoms with Gasteiger partial charge in [-0.05, 0) is 42.0 Å². The maximum absolute atomic E-state index is 12.6. The average molecular weight is 317 g/mol. The maximum atomic E-state index is 12.6. The van der Waals surface area contributed by atoms with Gasteiger partial charge < -0.3 is 9.64 Å². The van der Waals surface area contributed by atoms with Crippen molar-refractivity contribution < 1.29 is 9.53 Å². The molecule has 1 N–H and O–H groups in total. The van der Waals surface area contributed by atoms with Gasteiger partial charge in [-0.1, -0.05) is 0 Å². The molecule has 1 spiro atoms. The number of rotatable bonds is 2. The number of tetrazole rings is 1. The van der Waals surface area contributed by atoms with Crippen LogP contribution in [0.2, 0.25) is 0 Å². The molecule has 2 aromatic heterocycles. The van der Waals surface area contributed by atoms with E-state index in [9.17, 15) is 4.79 Å². The molecule has 4 rings (SSSR count). The number of carbonyl (C=O) groups excluding carboxylic acids is 1. The number of aromatic amines is 1. The van der Waals surface area contributed by atoms with Crippen LogP contribution in [-0.2, 0) is 4.74 Å². The molecular weight excluding hydrogens is 298 g/mol. The highest BCUT2D eigenvalue weighted by atomic mass is 16.5. The molecule has 23 heavy (non-hydrogen) atoms. The number of ether oxygens (including phenoxy) is 1. The first-order chi connectivity index (χ1) is 11.2. The van der Waals surface area contributed by atoms with E-state index in [4.69, 9.17) is 4.74 Å². The van der Waals surface area contributed by atoms with E-state index in [0.717, 1.165) is 39.0 Å². The maximum Gasteiger partial charge on any atom is 0.271 e. The predicted molar refractivity (Wildman–Crippen MR) is 78.9 cm³/mol. The van der Waals surface area contributed by atoms with Crippen molar-refractivity contribution in [2.75, 3.05) is 19.7 Å². The number of likely N-dealkylation sites (tertiary alicyclic amines) is 1. The number of aromatic nitrogens is 6. The third-order valence-electron chi connectivity index (χ3n) is 4.88. The van der Waals surface area contributed by atoms with Crippen LogP contribution in [0.5, 0.6) is 0 Å². The van der Waals surface area contributed by atoms with Gasteiger partial charge in [-0.3, -0.25) is 9.89 Å². The predicted octanol–water partition coefficient (Wildman–Crippen LogP) is 0.417. The van der Waals surface area contributed by atoms with Gasteiger partial charge in [0.2, 0.25) is 0 Å². The van der Waals surface area contributed by atoms with Gasteiger partial charge in [0, 0.05) is 19.2 Å². The Bertz CT molecular complexity index is 688. The second-order valence-corrected chi connectivity index (χ2v) is 6.51. The van der Waals surface area contributed by atoms with Crippen LogP contribution in [0.1, 0.15) is 36.7 Å². The molecule has 2 aromatic rings. The zero-order valence-electron chi connectivity index (χ0n) is 13.0. The van der Waals surface area contributed by atoms with Crippen molar-refractivity contribution in [3.05, 3.63) is 18.1 Å². The number of nitrogens with one attached hydrogen (secondary N) is 1. The zero-order valence-corrected chi connectivity index (χ0v) is 13.0. The fourth-order valence-corrected chi connectivity index (χ4v) is 3.55. The first-order valence-corrected chi connectivity index (χ1v) is 7.85. The van der Waals surface area contributed by atoms with Gasteiger partial charge in [0.15, 0.2) is 5.82 Å². The van der Waals surface area contributed by atoms with Crippen LogP contribution in [0.25, 0.3) is 5.82 Å². The molecule has 1 atom stereocenters. The van der Waals surface area contributed by atoms with E-state index in [2.05, 4.69) is 32.6 Å². The molecule has 2 fully saturated rings. The van der Waals surface area contributed by atoms with Gasteiger partial charge in [0.05, 0.1) is 12.7 Å². The highest BCUT2D eigenvalue weighted by Crippen LogP contribution is 2.41. The molecule has 2 saturated heterocycles. The molecule has 0 radical (unpaired) electrons. The zero-order chi connectivity index (χ0) is 15.9. The molecule has 4 heterocycles. The summed E-state index contributed by atoms with van der Waals surface area (Å²) >= 11 is 0. The summed E-state index contributed by atoms with van der Waals surface area (Å²) in [6, 6.07) is 1.67. The molecule has 122 valence electrons. The Labute approximate surface area is 133 Å². The lowest BCUT2D eigenvalue weighted by Gasteiger charge is -2.38. The van der Waals surface area contributed by atoms with Crippen LogP contribution in [0, 0.1) is 5.41 Å². The molecule has 2 aliphatic rings. The Morgan fingerprint density at radius 1 is 1.43 bits per heavy atom. The van der Waals surface area contributed by atoms with Crippen LogP contribution in [0.4, 0.5) is 0 Å². The number of amides is 1. The molecule has 9 heteroatoms. The van der Waals surface area contributed by atoms with Crippen molar-refractivity contribution in [2.24, 2.45) is 5.41 Å². The molecule has 0 aliphatic carbocycles. The van der Waals surface area contributed by atoms with E-state index < -0.39 is 0 Å². The van der Waals surface area contributed by atoms with E-state index in [0.29, 0.717) is 17.6 Å². The van der Waals surface area contributed by atoms with Crippen LogP contribution < -0.4 is 0 Å².